The Balaban J connectivity index is 1.86. The Bertz CT molecular complexity index is 959. The molecule has 1 heterocycles. The van der Waals surface area contributed by atoms with E-state index in [0.29, 0.717) is 23.7 Å². The molecule has 2 N–H and O–H groups in total. The summed E-state index contributed by atoms with van der Waals surface area (Å²) in [4.78, 5) is 7.88. The van der Waals surface area contributed by atoms with Crippen LogP contribution in [-0.2, 0) is 6.18 Å². The first-order chi connectivity index (χ1) is 13.9. The molecule has 0 saturated heterocycles. The lowest BCUT2D eigenvalue weighted by molar-refractivity contribution is -0.137. The summed E-state index contributed by atoms with van der Waals surface area (Å²) < 4.78 is 45.7. The van der Waals surface area contributed by atoms with Crippen molar-refractivity contribution in [2.45, 2.75) is 26.4 Å². The van der Waals surface area contributed by atoms with E-state index in [-0.39, 0.29) is 11.8 Å². The number of benzene rings is 2. The Morgan fingerprint density at radius 1 is 1.00 bits per heavy atom. The second kappa shape index (κ2) is 8.81. The van der Waals surface area contributed by atoms with Crippen molar-refractivity contribution in [3.8, 4) is 5.75 Å². The summed E-state index contributed by atoms with van der Waals surface area (Å²) in [5.41, 5.74) is 1.04. The molecular formula is C21H21F3N4O. The quantitative estimate of drug-likeness (QED) is 0.502. The molecule has 0 fully saturated rings. The predicted molar refractivity (Wildman–Crippen MR) is 107 cm³/mol. The normalized spacial score (nSPS) is 11.2. The first-order valence-corrected chi connectivity index (χ1v) is 9.13. The number of rotatable bonds is 7. The largest absolute Gasteiger partial charge is 0.494 e. The van der Waals surface area contributed by atoms with Crippen molar-refractivity contribution in [3.63, 3.8) is 0 Å². The predicted octanol–water partition coefficient (Wildman–Crippen LogP) is 6.08. The molecule has 3 aromatic rings. The maximum atomic E-state index is 13.4. The van der Waals surface area contributed by atoms with Gasteiger partial charge >= 0.3 is 6.18 Å². The van der Waals surface area contributed by atoms with Crippen LogP contribution in [0.4, 0.5) is 36.3 Å². The molecule has 29 heavy (non-hydrogen) atoms. The molecule has 152 valence electrons. The van der Waals surface area contributed by atoms with E-state index in [0.717, 1.165) is 18.2 Å². The van der Waals surface area contributed by atoms with Crippen LogP contribution in [0.25, 0.3) is 0 Å². The molecule has 0 aliphatic heterocycles. The van der Waals surface area contributed by atoms with E-state index in [9.17, 15) is 13.2 Å². The number of halogens is 3. The van der Waals surface area contributed by atoms with E-state index < -0.39 is 11.7 Å². The van der Waals surface area contributed by atoms with E-state index in [1.165, 1.54) is 0 Å². The number of aromatic nitrogens is 2. The van der Waals surface area contributed by atoms with Crippen molar-refractivity contribution in [3.05, 3.63) is 65.9 Å². The van der Waals surface area contributed by atoms with Gasteiger partial charge in [0, 0.05) is 17.6 Å². The van der Waals surface area contributed by atoms with Crippen LogP contribution in [0, 0.1) is 6.92 Å². The number of alkyl halides is 3. The third-order valence-electron chi connectivity index (χ3n) is 4.08. The molecule has 3 rings (SSSR count). The summed E-state index contributed by atoms with van der Waals surface area (Å²) in [7, 11) is 0. The Labute approximate surface area is 167 Å². The Kier molecular flexibility index (Phi) is 6.21. The minimum atomic E-state index is -4.58. The van der Waals surface area contributed by atoms with Crippen molar-refractivity contribution in [2.75, 3.05) is 17.2 Å². The van der Waals surface area contributed by atoms with Gasteiger partial charge in [-0.15, -0.1) is 0 Å². The van der Waals surface area contributed by atoms with Gasteiger partial charge in [-0.25, -0.2) is 4.98 Å². The molecule has 2 aromatic carbocycles. The van der Waals surface area contributed by atoms with Crippen LogP contribution in [0.15, 0.2) is 54.7 Å². The highest BCUT2D eigenvalue weighted by Gasteiger charge is 2.35. The van der Waals surface area contributed by atoms with Crippen LogP contribution in [0.2, 0.25) is 0 Å². The second-order valence-corrected chi connectivity index (χ2v) is 6.39. The van der Waals surface area contributed by atoms with Crippen molar-refractivity contribution in [2.24, 2.45) is 0 Å². The highest BCUT2D eigenvalue weighted by atomic mass is 19.4. The van der Waals surface area contributed by atoms with Gasteiger partial charge in [-0.2, -0.15) is 18.2 Å². The monoisotopic (exact) mass is 402 g/mol. The number of para-hydroxylation sites is 1. The number of aryl methyl sites for hydroxylation is 1. The molecule has 0 aliphatic rings. The van der Waals surface area contributed by atoms with Crippen LogP contribution in [0.5, 0.6) is 5.75 Å². The molecule has 0 saturated carbocycles. The van der Waals surface area contributed by atoms with Crippen molar-refractivity contribution in [1.29, 1.82) is 0 Å². The molecular weight excluding hydrogens is 381 g/mol. The summed E-state index contributed by atoms with van der Waals surface area (Å²) >= 11 is 0. The van der Waals surface area contributed by atoms with E-state index >= 15 is 0 Å². The van der Waals surface area contributed by atoms with E-state index in [2.05, 4.69) is 20.6 Å². The molecule has 0 aliphatic carbocycles. The Hall–Kier alpha value is -3.29. The summed E-state index contributed by atoms with van der Waals surface area (Å²) in [6, 6.07) is 14.1. The third-order valence-corrected chi connectivity index (χ3v) is 4.08. The average Bonchev–Trinajstić information content (AvgIpc) is 2.68. The third kappa shape index (κ3) is 5.37. The minimum absolute atomic E-state index is 0.0521. The lowest BCUT2D eigenvalue weighted by Gasteiger charge is -2.16. The summed E-state index contributed by atoms with van der Waals surface area (Å²) in [5.74, 6) is 0.455. The number of hydrogen-bond donors (Lipinski definition) is 2. The van der Waals surface area contributed by atoms with Gasteiger partial charge < -0.3 is 15.4 Å². The first kappa shape index (κ1) is 20.4. The second-order valence-electron chi connectivity index (χ2n) is 6.39. The molecule has 0 bridgehead atoms. The number of ether oxygens (including phenoxy) is 1. The van der Waals surface area contributed by atoms with Crippen LogP contribution in [0.3, 0.4) is 0 Å². The standard InChI is InChI=1S/C21H21F3N4O/c1-3-12-29-16-10-8-15(9-11-16)26-20-25-13-17(21(22,23)24)19(28-20)27-18-7-5-4-6-14(18)2/h4-11,13H,3,12H2,1-2H3,(H2,25,26,27,28). The molecule has 0 spiro atoms. The summed E-state index contributed by atoms with van der Waals surface area (Å²) in [6.07, 6.45) is -2.91. The van der Waals surface area contributed by atoms with Gasteiger partial charge in [0.2, 0.25) is 5.95 Å². The summed E-state index contributed by atoms with van der Waals surface area (Å²) in [5, 5.41) is 5.70. The highest BCUT2D eigenvalue weighted by molar-refractivity contribution is 5.65. The van der Waals surface area contributed by atoms with Gasteiger partial charge in [-0.05, 0) is 49.2 Å². The SMILES string of the molecule is CCCOc1ccc(Nc2ncc(C(F)(F)F)c(Nc3ccccc3C)n2)cc1. The summed E-state index contributed by atoms with van der Waals surface area (Å²) in [6.45, 7) is 4.43. The lowest BCUT2D eigenvalue weighted by atomic mass is 10.2. The van der Waals surface area contributed by atoms with Gasteiger partial charge in [-0.1, -0.05) is 25.1 Å². The average molecular weight is 402 g/mol. The minimum Gasteiger partial charge on any atom is -0.494 e. The smallest absolute Gasteiger partial charge is 0.421 e. The van der Waals surface area contributed by atoms with Crippen LogP contribution in [-0.4, -0.2) is 16.6 Å². The van der Waals surface area contributed by atoms with Crippen molar-refractivity contribution >= 4 is 23.1 Å². The van der Waals surface area contributed by atoms with Crippen LogP contribution in [0.1, 0.15) is 24.5 Å². The Morgan fingerprint density at radius 3 is 2.38 bits per heavy atom. The molecule has 0 radical (unpaired) electrons. The number of hydrogen-bond acceptors (Lipinski definition) is 5. The maximum Gasteiger partial charge on any atom is 0.421 e. The number of nitrogens with zero attached hydrogens (tertiary/aromatic N) is 2. The zero-order chi connectivity index (χ0) is 20.9. The van der Waals surface area contributed by atoms with Crippen LogP contribution >= 0.6 is 0 Å². The molecule has 1 aromatic heterocycles. The van der Waals surface area contributed by atoms with E-state index in [1.807, 2.05) is 13.0 Å². The zero-order valence-corrected chi connectivity index (χ0v) is 16.0. The fourth-order valence-electron chi connectivity index (χ4n) is 2.57. The van der Waals surface area contributed by atoms with E-state index in [4.69, 9.17) is 4.74 Å². The molecule has 8 heteroatoms. The highest BCUT2D eigenvalue weighted by Crippen LogP contribution is 2.35. The maximum absolute atomic E-state index is 13.4. The molecule has 0 atom stereocenters. The molecule has 0 unspecified atom stereocenters. The van der Waals surface area contributed by atoms with Crippen molar-refractivity contribution < 1.29 is 17.9 Å². The van der Waals surface area contributed by atoms with Crippen LogP contribution < -0.4 is 15.4 Å². The zero-order valence-electron chi connectivity index (χ0n) is 16.0. The molecule has 5 nitrogen and oxygen atoms in total. The fourth-order valence-corrected chi connectivity index (χ4v) is 2.57. The van der Waals surface area contributed by atoms with Gasteiger partial charge in [0.25, 0.3) is 0 Å². The van der Waals surface area contributed by atoms with Crippen molar-refractivity contribution in [1.82, 2.24) is 9.97 Å². The van der Waals surface area contributed by atoms with Gasteiger partial charge in [0.15, 0.2) is 0 Å². The van der Waals surface area contributed by atoms with Gasteiger partial charge in [0.1, 0.15) is 17.1 Å². The fraction of sp³-hybridized carbons (Fsp3) is 0.238. The lowest BCUT2D eigenvalue weighted by Crippen LogP contribution is -2.13. The first-order valence-electron chi connectivity index (χ1n) is 9.13. The number of anilines is 4. The Morgan fingerprint density at radius 2 is 1.72 bits per heavy atom. The van der Waals surface area contributed by atoms with Gasteiger partial charge in [0.05, 0.1) is 6.61 Å². The number of nitrogens with one attached hydrogen (secondary N) is 2. The topological polar surface area (TPSA) is 59.1 Å². The molecule has 0 amide bonds. The van der Waals surface area contributed by atoms with E-state index in [1.54, 1.807) is 49.4 Å². The van der Waals surface area contributed by atoms with Gasteiger partial charge in [-0.3, -0.25) is 0 Å².